The van der Waals surface area contributed by atoms with Crippen LogP contribution in [0.1, 0.15) is 40.4 Å². The normalized spacial score (nSPS) is 15.8. The highest BCUT2D eigenvalue weighted by molar-refractivity contribution is 7.90. The lowest BCUT2D eigenvalue weighted by Crippen LogP contribution is -2.18. The van der Waals surface area contributed by atoms with E-state index >= 15 is 0 Å². The Bertz CT molecular complexity index is 1580. The molecule has 192 valence electrons. The zero-order valence-electron chi connectivity index (χ0n) is 20.2. The molecule has 4 aromatic rings. The highest BCUT2D eigenvalue weighted by Crippen LogP contribution is 2.44. The lowest BCUT2D eigenvalue weighted by Gasteiger charge is -2.29. The number of fused-ring (bicyclic) bond motifs is 1. The molecule has 0 spiro atoms. The molecule has 0 fully saturated rings. The van der Waals surface area contributed by atoms with Gasteiger partial charge in [0.2, 0.25) is 0 Å². The molecule has 0 saturated carbocycles. The predicted octanol–water partition coefficient (Wildman–Crippen LogP) is 5.70. The number of benzene rings is 2. The molecular weight excluding hydrogens is 503 g/mol. The van der Waals surface area contributed by atoms with E-state index in [2.05, 4.69) is 10.1 Å². The second-order valence-corrected chi connectivity index (χ2v) is 11.0. The van der Waals surface area contributed by atoms with Crippen LogP contribution in [0.15, 0.2) is 71.8 Å². The zero-order chi connectivity index (χ0) is 26.4. The fraction of sp³-hybridized carbons (Fsp3) is 0.259. The number of halogens is 3. The number of aryl methyl sites for hydroxylation is 2. The third-order valence-electron chi connectivity index (χ3n) is 6.52. The third kappa shape index (κ3) is 4.98. The maximum atomic E-state index is 13.6. The van der Waals surface area contributed by atoms with Gasteiger partial charge < -0.3 is 4.74 Å². The number of ether oxygens (including phenoxy) is 1. The van der Waals surface area contributed by atoms with Crippen LogP contribution in [0.2, 0.25) is 0 Å². The van der Waals surface area contributed by atoms with Gasteiger partial charge in [-0.05, 0) is 61.4 Å². The van der Waals surface area contributed by atoms with Gasteiger partial charge in [0.15, 0.2) is 9.84 Å². The largest absolute Gasteiger partial charge is 0.493 e. The predicted molar refractivity (Wildman–Crippen MR) is 132 cm³/mol. The van der Waals surface area contributed by atoms with Gasteiger partial charge in [0.25, 0.3) is 0 Å². The molecular formula is C27H24F3N3O3S. The van der Waals surface area contributed by atoms with Crippen molar-refractivity contribution in [2.45, 2.75) is 36.1 Å². The van der Waals surface area contributed by atoms with E-state index in [1.807, 2.05) is 0 Å². The molecule has 10 heteroatoms. The Morgan fingerprint density at radius 2 is 1.84 bits per heavy atom. The van der Waals surface area contributed by atoms with Crippen molar-refractivity contribution >= 4 is 9.84 Å². The number of alkyl halides is 3. The van der Waals surface area contributed by atoms with Gasteiger partial charge in [-0.3, -0.25) is 9.67 Å². The Morgan fingerprint density at radius 1 is 1.05 bits per heavy atom. The molecule has 0 unspecified atom stereocenters. The van der Waals surface area contributed by atoms with Gasteiger partial charge in [0, 0.05) is 36.0 Å². The molecule has 1 atom stereocenters. The second-order valence-electron chi connectivity index (χ2n) is 9.06. The smallest absolute Gasteiger partial charge is 0.416 e. The first-order valence-corrected chi connectivity index (χ1v) is 13.3. The minimum atomic E-state index is -4.49. The van der Waals surface area contributed by atoms with Crippen molar-refractivity contribution < 1.29 is 26.3 Å². The average Bonchev–Trinajstić information content (AvgIpc) is 3.27. The van der Waals surface area contributed by atoms with E-state index < -0.39 is 21.6 Å². The summed E-state index contributed by atoms with van der Waals surface area (Å²) in [6, 6.07) is 15.3. The Morgan fingerprint density at radius 3 is 2.54 bits per heavy atom. The number of nitrogens with zero attached hydrogens (tertiary/aromatic N) is 3. The van der Waals surface area contributed by atoms with Gasteiger partial charge in [-0.2, -0.15) is 18.3 Å². The van der Waals surface area contributed by atoms with Gasteiger partial charge in [-0.1, -0.05) is 18.2 Å². The van der Waals surface area contributed by atoms with Crippen molar-refractivity contribution in [1.82, 2.24) is 14.8 Å². The summed E-state index contributed by atoms with van der Waals surface area (Å²) in [5.74, 6) is -0.128. The van der Waals surface area contributed by atoms with Gasteiger partial charge in [-0.25, -0.2) is 8.42 Å². The van der Waals surface area contributed by atoms with E-state index in [1.165, 1.54) is 29.1 Å². The quantitative estimate of drug-likeness (QED) is 0.333. The Labute approximate surface area is 212 Å². The molecule has 0 aliphatic carbocycles. The topological polar surface area (TPSA) is 74.1 Å². The van der Waals surface area contributed by atoms with Crippen LogP contribution in [-0.2, 0) is 28.8 Å². The maximum absolute atomic E-state index is 13.6. The van der Waals surface area contributed by atoms with Crippen molar-refractivity contribution in [3.05, 3.63) is 94.9 Å². The molecule has 2 aromatic heterocycles. The summed E-state index contributed by atoms with van der Waals surface area (Å²) in [7, 11) is -2.02. The Hall–Kier alpha value is -3.66. The molecule has 3 heterocycles. The number of hydrogen-bond donors (Lipinski definition) is 0. The van der Waals surface area contributed by atoms with Crippen molar-refractivity contribution in [3.8, 4) is 17.0 Å². The van der Waals surface area contributed by atoms with Crippen LogP contribution in [0.25, 0.3) is 11.3 Å². The minimum absolute atomic E-state index is 0.106. The first kappa shape index (κ1) is 25.0. The molecule has 6 nitrogen and oxygen atoms in total. The summed E-state index contributed by atoms with van der Waals surface area (Å²) in [5, 5.41) is 4.13. The summed E-state index contributed by atoms with van der Waals surface area (Å²) in [4.78, 5) is 4.40. The Balaban J connectivity index is 1.55. The fourth-order valence-corrected chi connectivity index (χ4v) is 6.02. The Kier molecular flexibility index (Phi) is 6.31. The third-order valence-corrected chi connectivity index (χ3v) is 8.17. The number of hydrogen-bond acceptors (Lipinski definition) is 5. The second kappa shape index (κ2) is 9.33. The van der Waals surface area contributed by atoms with Gasteiger partial charge >= 0.3 is 6.18 Å². The van der Waals surface area contributed by atoms with E-state index in [0.29, 0.717) is 41.3 Å². The summed E-state index contributed by atoms with van der Waals surface area (Å²) < 4.78 is 74.3. The zero-order valence-corrected chi connectivity index (χ0v) is 21.0. The van der Waals surface area contributed by atoms with Crippen LogP contribution >= 0.6 is 0 Å². The minimum Gasteiger partial charge on any atom is -0.493 e. The highest BCUT2D eigenvalue weighted by Gasteiger charge is 2.33. The molecule has 2 aromatic carbocycles. The molecule has 0 N–H and O–H groups in total. The lowest BCUT2D eigenvalue weighted by atomic mass is 9.83. The van der Waals surface area contributed by atoms with Crippen molar-refractivity contribution in [2.24, 2.45) is 7.05 Å². The molecule has 37 heavy (non-hydrogen) atoms. The number of aromatic nitrogens is 3. The molecule has 5 rings (SSSR count). The molecule has 0 saturated heterocycles. The van der Waals surface area contributed by atoms with Crippen LogP contribution in [0.4, 0.5) is 13.2 Å². The highest BCUT2D eigenvalue weighted by atomic mass is 32.2. The number of rotatable bonds is 5. The first-order valence-electron chi connectivity index (χ1n) is 11.6. The summed E-state index contributed by atoms with van der Waals surface area (Å²) in [6.45, 7) is 2.09. The van der Waals surface area contributed by atoms with Crippen LogP contribution in [-0.4, -0.2) is 29.8 Å². The number of pyridine rings is 1. The molecule has 1 aliphatic heterocycles. The SMILES string of the molecule is Cc1cccc(CS(=O)(=O)c2ccc3c(c2)OCC[C@@H]3c2ccc(C(F)(F)F)cc2-c2ccnn2C)n1. The van der Waals surface area contributed by atoms with E-state index in [1.54, 1.807) is 44.3 Å². The molecule has 0 bridgehead atoms. The summed E-state index contributed by atoms with van der Waals surface area (Å²) >= 11 is 0. The van der Waals surface area contributed by atoms with Gasteiger partial charge in [-0.15, -0.1) is 0 Å². The van der Waals surface area contributed by atoms with Gasteiger partial charge in [0.1, 0.15) is 5.75 Å². The molecule has 0 radical (unpaired) electrons. The van der Waals surface area contributed by atoms with Crippen LogP contribution in [0, 0.1) is 6.92 Å². The van der Waals surface area contributed by atoms with Crippen molar-refractivity contribution in [3.63, 3.8) is 0 Å². The van der Waals surface area contributed by atoms with E-state index in [0.717, 1.165) is 23.4 Å². The van der Waals surface area contributed by atoms with Crippen LogP contribution < -0.4 is 4.74 Å². The fourth-order valence-electron chi connectivity index (χ4n) is 4.74. The van der Waals surface area contributed by atoms with E-state index in [9.17, 15) is 21.6 Å². The molecule has 0 amide bonds. The van der Waals surface area contributed by atoms with Crippen LogP contribution in [0.3, 0.4) is 0 Å². The number of sulfone groups is 1. The van der Waals surface area contributed by atoms with E-state index in [4.69, 9.17) is 4.74 Å². The average molecular weight is 528 g/mol. The van der Waals surface area contributed by atoms with Crippen LogP contribution in [0.5, 0.6) is 5.75 Å². The lowest BCUT2D eigenvalue weighted by molar-refractivity contribution is -0.137. The maximum Gasteiger partial charge on any atom is 0.416 e. The summed E-state index contributed by atoms with van der Waals surface area (Å²) in [6.07, 6.45) is -2.42. The standard InChI is InChI=1S/C27H24F3N3O3S/c1-17-4-3-5-19(32-17)16-37(34,35)20-7-9-23-22(11-13-36-26(23)15-20)21-8-6-18(27(28,29)30)14-24(21)25-10-12-31-33(25)2/h3-10,12,14-15,22H,11,13,16H2,1-2H3/t22-/m1/s1. The van der Waals surface area contributed by atoms with Gasteiger partial charge in [0.05, 0.1) is 34.2 Å². The first-order chi connectivity index (χ1) is 17.5. The summed E-state index contributed by atoms with van der Waals surface area (Å²) in [5.41, 5.74) is 2.83. The monoisotopic (exact) mass is 527 g/mol. The van der Waals surface area contributed by atoms with Crippen molar-refractivity contribution in [2.75, 3.05) is 6.61 Å². The van der Waals surface area contributed by atoms with Crippen molar-refractivity contribution in [1.29, 1.82) is 0 Å². The molecule has 1 aliphatic rings. The van der Waals surface area contributed by atoms with E-state index in [-0.39, 0.29) is 16.6 Å².